The summed E-state index contributed by atoms with van der Waals surface area (Å²) in [5, 5.41) is 13.4. The molecule has 2 aliphatic rings. The third kappa shape index (κ3) is 4.31. The van der Waals surface area contributed by atoms with Crippen molar-refractivity contribution in [2.24, 2.45) is 10.4 Å². The van der Waals surface area contributed by atoms with Gasteiger partial charge in [0.2, 0.25) is 0 Å². The molecule has 1 saturated heterocycles. The summed E-state index contributed by atoms with van der Waals surface area (Å²) >= 11 is 3.33. The number of aromatic nitrogens is 3. The number of carbonyl (C=O) groups excluding carboxylic acids is 1. The van der Waals surface area contributed by atoms with Crippen LogP contribution in [-0.4, -0.2) is 54.5 Å². The van der Waals surface area contributed by atoms with Gasteiger partial charge in [-0.1, -0.05) is 34.5 Å². The number of nitrogens with zero attached hydrogens (tertiary/aromatic N) is 4. The van der Waals surface area contributed by atoms with E-state index in [1.165, 1.54) is 6.42 Å². The molecule has 9 heteroatoms. The Morgan fingerprint density at radius 2 is 2.06 bits per heavy atom. The van der Waals surface area contributed by atoms with Gasteiger partial charge in [0.15, 0.2) is 17.5 Å². The fourth-order valence-corrected chi connectivity index (χ4v) is 6.15. The molecule has 0 bridgehead atoms. The van der Waals surface area contributed by atoms with Crippen LogP contribution >= 0.6 is 15.9 Å². The highest BCUT2D eigenvalue weighted by Crippen LogP contribution is 2.38. The number of fused-ring (bicyclic) bond motifs is 1. The Labute approximate surface area is 212 Å². The number of alkyl halides is 1. The lowest BCUT2D eigenvalue weighted by atomic mass is 9.68. The molecule has 2 N–H and O–H groups in total. The molecule has 1 saturated carbocycles. The van der Waals surface area contributed by atoms with Crippen LogP contribution in [0.1, 0.15) is 50.5 Å². The lowest BCUT2D eigenvalue weighted by Crippen LogP contribution is -2.57. The van der Waals surface area contributed by atoms with Crippen molar-refractivity contribution in [2.75, 3.05) is 6.54 Å². The van der Waals surface area contributed by atoms with E-state index < -0.39 is 22.3 Å². The Morgan fingerprint density at radius 3 is 2.71 bits per heavy atom. The van der Waals surface area contributed by atoms with E-state index in [2.05, 4.69) is 35.8 Å². The summed E-state index contributed by atoms with van der Waals surface area (Å²) in [7, 11) is 0. The Kier molecular flexibility index (Phi) is 6.31. The van der Waals surface area contributed by atoms with Gasteiger partial charge < -0.3 is 10.4 Å². The number of imidazole rings is 1. The van der Waals surface area contributed by atoms with Gasteiger partial charge in [-0.05, 0) is 63.1 Å². The van der Waals surface area contributed by atoms with Gasteiger partial charge in [-0.15, -0.1) is 0 Å². The SMILES string of the molecule is CC1(C)C(=O)C(Br)C1=N[C@@H](Cc1ccc(-n2c([C@@H]3CCCCN3)nc3cccnc32)cc1)C(=O)O. The van der Waals surface area contributed by atoms with Crippen LogP contribution in [0.25, 0.3) is 16.9 Å². The minimum atomic E-state index is -1.01. The van der Waals surface area contributed by atoms with E-state index >= 15 is 0 Å². The number of piperidine rings is 1. The van der Waals surface area contributed by atoms with E-state index in [1.54, 1.807) is 20.0 Å². The maximum atomic E-state index is 12.1. The number of carboxylic acids is 1. The average Bonchev–Trinajstić information content (AvgIpc) is 3.26. The van der Waals surface area contributed by atoms with Crippen LogP contribution in [0, 0.1) is 5.41 Å². The number of aliphatic carboxylic acids is 1. The first-order valence-corrected chi connectivity index (χ1v) is 12.8. The highest BCUT2D eigenvalue weighted by atomic mass is 79.9. The number of carbonyl (C=O) groups is 2. The van der Waals surface area contributed by atoms with E-state index in [-0.39, 0.29) is 18.2 Å². The maximum Gasteiger partial charge on any atom is 0.328 e. The summed E-state index contributed by atoms with van der Waals surface area (Å²) < 4.78 is 2.09. The molecule has 2 aromatic heterocycles. The average molecular weight is 538 g/mol. The Hall–Kier alpha value is -2.91. The van der Waals surface area contributed by atoms with Crippen LogP contribution < -0.4 is 5.32 Å². The molecule has 1 unspecified atom stereocenters. The predicted molar refractivity (Wildman–Crippen MR) is 138 cm³/mol. The first-order chi connectivity index (χ1) is 16.8. The molecule has 5 rings (SSSR count). The number of nitrogens with one attached hydrogen (secondary N) is 1. The molecule has 0 spiro atoms. The molecule has 3 aromatic rings. The molecule has 3 heterocycles. The number of halogens is 1. The summed E-state index contributed by atoms with van der Waals surface area (Å²) in [5.74, 6) is -0.0396. The minimum Gasteiger partial charge on any atom is -0.480 e. The third-order valence-electron chi connectivity index (χ3n) is 6.99. The molecule has 182 valence electrons. The smallest absolute Gasteiger partial charge is 0.328 e. The number of pyridine rings is 1. The lowest BCUT2D eigenvalue weighted by molar-refractivity contribution is -0.138. The molecule has 1 aliphatic carbocycles. The largest absolute Gasteiger partial charge is 0.480 e. The Morgan fingerprint density at radius 1 is 1.29 bits per heavy atom. The summed E-state index contributed by atoms with van der Waals surface area (Å²) in [6.45, 7) is 4.53. The molecular formula is C26H28BrN5O3. The van der Waals surface area contributed by atoms with Crippen molar-refractivity contribution in [1.29, 1.82) is 0 Å². The number of ketones is 1. The second-order valence-electron chi connectivity index (χ2n) is 9.74. The van der Waals surface area contributed by atoms with Gasteiger partial charge in [0.05, 0.1) is 11.5 Å². The van der Waals surface area contributed by atoms with Gasteiger partial charge in [0, 0.05) is 24.0 Å². The van der Waals surface area contributed by atoms with Crippen molar-refractivity contribution in [3.8, 4) is 5.69 Å². The van der Waals surface area contributed by atoms with Crippen LogP contribution in [0.5, 0.6) is 0 Å². The van der Waals surface area contributed by atoms with Gasteiger partial charge in [-0.2, -0.15) is 0 Å². The van der Waals surface area contributed by atoms with Crippen molar-refractivity contribution in [3.05, 3.63) is 54.0 Å². The molecule has 0 amide bonds. The molecule has 3 atom stereocenters. The number of carboxylic acid groups (broad SMARTS) is 1. The zero-order chi connectivity index (χ0) is 24.7. The monoisotopic (exact) mass is 537 g/mol. The van der Waals surface area contributed by atoms with Crippen molar-refractivity contribution in [3.63, 3.8) is 0 Å². The number of hydrogen-bond acceptors (Lipinski definition) is 6. The molecule has 1 aliphatic heterocycles. The van der Waals surface area contributed by atoms with E-state index in [1.807, 2.05) is 36.4 Å². The second kappa shape index (κ2) is 9.28. The van der Waals surface area contributed by atoms with Crippen molar-refractivity contribution in [1.82, 2.24) is 19.9 Å². The zero-order valence-electron chi connectivity index (χ0n) is 19.7. The highest BCUT2D eigenvalue weighted by Gasteiger charge is 2.52. The first kappa shape index (κ1) is 23.8. The fourth-order valence-electron chi connectivity index (χ4n) is 4.88. The van der Waals surface area contributed by atoms with E-state index in [4.69, 9.17) is 4.98 Å². The molecule has 1 aromatic carbocycles. The van der Waals surface area contributed by atoms with Gasteiger partial charge in [0.1, 0.15) is 16.2 Å². The van der Waals surface area contributed by atoms with Gasteiger partial charge in [-0.25, -0.2) is 14.8 Å². The van der Waals surface area contributed by atoms with Gasteiger partial charge in [0.25, 0.3) is 0 Å². The van der Waals surface area contributed by atoms with Crippen LogP contribution in [-0.2, 0) is 16.0 Å². The Balaban J connectivity index is 1.44. The number of benzene rings is 1. The van der Waals surface area contributed by atoms with E-state index in [9.17, 15) is 14.7 Å². The highest BCUT2D eigenvalue weighted by molar-refractivity contribution is 9.10. The molecule has 2 fully saturated rings. The van der Waals surface area contributed by atoms with Crippen LogP contribution in [0.15, 0.2) is 47.6 Å². The van der Waals surface area contributed by atoms with E-state index in [0.717, 1.165) is 47.6 Å². The van der Waals surface area contributed by atoms with Gasteiger partial charge in [-0.3, -0.25) is 14.4 Å². The minimum absolute atomic E-state index is 0.0224. The zero-order valence-corrected chi connectivity index (χ0v) is 21.3. The van der Waals surface area contributed by atoms with Crippen molar-refractivity contribution in [2.45, 2.75) is 56.4 Å². The predicted octanol–water partition coefficient (Wildman–Crippen LogP) is 4.04. The first-order valence-electron chi connectivity index (χ1n) is 11.9. The summed E-state index contributed by atoms with van der Waals surface area (Å²) in [5.41, 5.74) is 3.30. The normalized spacial score (nSPS) is 23.9. The summed E-state index contributed by atoms with van der Waals surface area (Å²) in [6, 6.07) is 10.9. The standard InChI is InChI=1S/C26H28BrN5O3/c1-26(2)21(20(27)22(26)33)30-19(25(34)35)14-15-8-10-16(11-9-15)32-23-18(7-5-13-29-23)31-24(32)17-6-3-4-12-28-17/h5,7-11,13,17,19-20,28H,3-4,6,12,14H2,1-2H3,(H,34,35)/t17-,19-,20?/m0/s1. The van der Waals surface area contributed by atoms with Crippen LogP contribution in [0.3, 0.4) is 0 Å². The number of aliphatic imine (C=N–C) groups is 1. The second-order valence-corrected chi connectivity index (χ2v) is 10.7. The summed E-state index contributed by atoms with van der Waals surface area (Å²) in [4.78, 5) is 37.5. The quantitative estimate of drug-likeness (QED) is 0.459. The topological polar surface area (TPSA) is 109 Å². The van der Waals surface area contributed by atoms with E-state index in [0.29, 0.717) is 5.71 Å². The third-order valence-corrected chi connectivity index (χ3v) is 7.84. The fraction of sp³-hybridized carbons (Fsp3) is 0.423. The molecular weight excluding hydrogens is 510 g/mol. The van der Waals surface area contributed by atoms with Crippen molar-refractivity contribution < 1.29 is 14.7 Å². The number of rotatable bonds is 6. The molecule has 0 radical (unpaired) electrons. The number of hydrogen-bond donors (Lipinski definition) is 2. The maximum absolute atomic E-state index is 12.1. The van der Waals surface area contributed by atoms with Crippen molar-refractivity contribution >= 4 is 44.6 Å². The van der Waals surface area contributed by atoms with Crippen LogP contribution in [0.2, 0.25) is 0 Å². The Bertz CT molecular complexity index is 1310. The van der Waals surface area contributed by atoms with Crippen LogP contribution in [0.4, 0.5) is 0 Å². The van der Waals surface area contributed by atoms with Gasteiger partial charge >= 0.3 is 5.97 Å². The number of Topliss-reactive ketones (excluding diaryl/α,β-unsaturated/α-hetero) is 1. The summed E-state index contributed by atoms with van der Waals surface area (Å²) in [6.07, 6.45) is 5.36. The lowest BCUT2D eigenvalue weighted by Gasteiger charge is -2.40. The molecule has 35 heavy (non-hydrogen) atoms. The molecule has 8 nitrogen and oxygen atoms in total.